The Morgan fingerprint density at radius 1 is 1.29 bits per heavy atom. The number of aromatic nitrogens is 3. The van der Waals surface area contributed by atoms with Crippen LogP contribution in [-0.2, 0) is 26.1 Å². The maximum Gasteiger partial charge on any atom is 0.350 e. The monoisotopic (exact) mass is 354 g/mol. The summed E-state index contributed by atoms with van der Waals surface area (Å²) >= 11 is 0. The fourth-order valence-electron chi connectivity index (χ4n) is 2.75. The van der Waals surface area contributed by atoms with E-state index in [0.717, 1.165) is 28.3 Å². The van der Waals surface area contributed by atoms with Gasteiger partial charge in [0.05, 0.1) is 7.11 Å². The number of hydrogen-bond acceptors (Lipinski definition) is 6. The molecule has 0 atom stereocenters. The minimum atomic E-state index is -3.74. The van der Waals surface area contributed by atoms with Gasteiger partial charge in [0.2, 0.25) is 10.0 Å². The minimum absolute atomic E-state index is 0.0111. The number of rotatable bonds is 4. The van der Waals surface area contributed by atoms with Crippen molar-refractivity contribution < 1.29 is 17.9 Å². The lowest BCUT2D eigenvalue weighted by Gasteiger charge is -2.25. The molecule has 3 heterocycles. The highest BCUT2D eigenvalue weighted by Crippen LogP contribution is 2.22. The molecule has 2 aromatic rings. The smallest absolute Gasteiger partial charge is 0.350 e. The normalized spacial score (nSPS) is 16.4. The average molecular weight is 354 g/mol. The van der Waals surface area contributed by atoms with Gasteiger partial charge in [-0.25, -0.2) is 22.3 Å². The van der Waals surface area contributed by atoms with Crippen molar-refractivity contribution in [3.05, 3.63) is 28.8 Å². The second-order valence-corrected chi connectivity index (χ2v) is 7.45. The van der Waals surface area contributed by atoms with Crippen LogP contribution in [0.15, 0.2) is 28.0 Å². The Morgan fingerprint density at radius 3 is 2.67 bits per heavy atom. The fourth-order valence-corrected chi connectivity index (χ4v) is 4.39. The van der Waals surface area contributed by atoms with Crippen molar-refractivity contribution in [3.8, 4) is 0 Å². The number of sulfonamides is 1. The van der Waals surface area contributed by atoms with Crippen LogP contribution in [0.5, 0.6) is 0 Å². The van der Waals surface area contributed by atoms with Gasteiger partial charge in [-0.3, -0.25) is 4.79 Å². The maximum absolute atomic E-state index is 12.9. The summed E-state index contributed by atoms with van der Waals surface area (Å²) < 4.78 is 33.7. The SMILES string of the molecule is COC(=O)Cn1nc2c(S(=O)(=O)N3CCCCC3)cccn2c1=O. The number of pyridine rings is 1. The number of piperidine rings is 1. The summed E-state index contributed by atoms with van der Waals surface area (Å²) in [6.07, 6.45) is 4.05. The number of fused-ring (bicyclic) bond motifs is 1. The van der Waals surface area contributed by atoms with Crippen molar-refractivity contribution >= 4 is 21.6 Å². The van der Waals surface area contributed by atoms with Crippen molar-refractivity contribution in [2.24, 2.45) is 0 Å². The summed E-state index contributed by atoms with van der Waals surface area (Å²) in [5, 5.41) is 4.02. The van der Waals surface area contributed by atoms with E-state index in [1.807, 2.05) is 0 Å². The van der Waals surface area contributed by atoms with Gasteiger partial charge in [0.15, 0.2) is 5.65 Å². The van der Waals surface area contributed by atoms with Crippen LogP contribution in [0, 0.1) is 0 Å². The predicted molar refractivity (Wildman–Crippen MR) is 84.1 cm³/mol. The van der Waals surface area contributed by atoms with E-state index in [2.05, 4.69) is 9.84 Å². The van der Waals surface area contributed by atoms with Crippen molar-refractivity contribution in [3.63, 3.8) is 0 Å². The third-order valence-corrected chi connectivity index (χ3v) is 5.93. The summed E-state index contributed by atoms with van der Waals surface area (Å²) in [6.45, 7) is 0.535. The van der Waals surface area contributed by atoms with Crippen LogP contribution in [0.2, 0.25) is 0 Å². The lowest BCUT2D eigenvalue weighted by molar-refractivity contribution is -0.141. The molecule has 1 saturated heterocycles. The van der Waals surface area contributed by atoms with Crippen LogP contribution in [0.3, 0.4) is 0 Å². The van der Waals surface area contributed by atoms with E-state index < -0.39 is 21.7 Å². The van der Waals surface area contributed by atoms with Crippen LogP contribution < -0.4 is 5.69 Å². The number of carbonyl (C=O) groups is 1. The van der Waals surface area contributed by atoms with Gasteiger partial charge < -0.3 is 4.74 Å². The Morgan fingerprint density at radius 2 is 2.00 bits per heavy atom. The molecule has 0 saturated carbocycles. The number of hydrogen-bond donors (Lipinski definition) is 0. The van der Waals surface area contributed by atoms with Crippen molar-refractivity contribution in [1.29, 1.82) is 0 Å². The molecule has 0 aliphatic carbocycles. The van der Waals surface area contributed by atoms with Gasteiger partial charge in [-0.05, 0) is 25.0 Å². The van der Waals surface area contributed by atoms with Crippen LogP contribution >= 0.6 is 0 Å². The standard InChI is InChI=1S/C14H18N4O5S/c1-23-12(19)10-18-14(20)17-9-5-6-11(13(17)15-18)24(21,22)16-7-3-2-4-8-16/h5-6,9H,2-4,7-8,10H2,1H3. The number of esters is 1. The van der Waals surface area contributed by atoms with E-state index in [4.69, 9.17) is 0 Å². The molecule has 0 unspecified atom stereocenters. The van der Waals surface area contributed by atoms with Crippen molar-refractivity contribution in [1.82, 2.24) is 18.5 Å². The molecule has 0 radical (unpaired) electrons. The van der Waals surface area contributed by atoms with Crippen molar-refractivity contribution in [2.75, 3.05) is 20.2 Å². The molecular formula is C14H18N4O5S. The van der Waals surface area contributed by atoms with Gasteiger partial charge in [-0.1, -0.05) is 6.42 Å². The van der Waals surface area contributed by atoms with E-state index in [1.165, 1.54) is 29.7 Å². The lowest BCUT2D eigenvalue weighted by atomic mass is 10.2. The van der Waals surface area contributed by atoms with Gasteiger partial charge in [0.25, 0.3) is 0 Å². The number of carbonyl (C=O) groups excluding carboxylic acids is 1. The summed E-state index contributed by atoms with van der Waals surface area (Å²) in [6, 6.07) is 2.91. The van der Waals surface area contributed by atoms with Gasteiger partial charge in [-0.2, -0.15) is 4.31 Å². The number of nitrogens with zero attached hydrogens (tertiary/aromatic N) is 4. The Hall–Kier alpha value is -2.20. The highest BCUT2D eigenvalue weighted by Gasteiger charge is 2.29. The summed E-state index contributed by atoms with van der Waals surface area (Å²) in [7, 11) is -2.54. The summed E-state index contributed by atoms with van der Waals surface area (Å²) in [4.78, 5) is 23.6. The molecule has 1 aliphatic heterocycles. The van der Waals surface area contributed by atoms with Gasteiger partial charge in [-0.15, -0.1) is 5.10 Å². The predicted octanol–water partition coefficient (Wildman–Crippen LogP) is -0.156. The molecule has 24 heavy (non-hydrogen) atoms. The Labute approximate surface area is 138 Å². The third-order valence-electron chi connectivity index (χ3n) is 4.01. The molecule has 0 bridgehead atoms. The van der Waals surface area contributed by atoms with E-state index in [-0.39, 0.29) is 17.1 Å². The average Bonchev–Trinajstić information content (AvgIpc) is 2.91. The molecule has 0 N–H and O–H groups in total. The third kappa shape index (κ3) is 2.82. The zero-order chi connectivity index (χ0) is 17.3. The minimum Gasteiger partial charge on any atom is -0.468 e. The fraction of sp³-hybridized carbons (Fsp3) is 0.500. The van der Waals surface area contributed by atoms with Crippen LogP contribution in [0.1, 0.15) is 19.3 Å². The molecule has 2 aromatic heterocycles. The van der Waals surface area contributed by atoms with Gasteiger partial charge in [0.1, 0.15) is 11.4 Å². The van der Waals surface area contributed by atoms with Gasteiger partial charge >= 0.3 is 11.7 Å². The maximum atomic E-state index is 12.9. The number of methoxy groups -OCH3 is 1. The van der Waals surface area contributed by atoms with E-state index in [1.54, 1.807) is 0 Å². The molecule has 3 rings (SSSR count). The van der Waals surface area contributed by atoms with Gasteiger partial charge in [0, 0.05) is 19.3 Å². The first kappa shape index (κ1) is 16.7. The van der Waals surface area contributed by atoms with E-state index >= 15 is 0 Å². The second kappa shape index (κ2) is 6.36. The lowest BCUT2D eigenvalue weighted by Crippen LogP contribution is -2.35. The molecular weight excluding hydrogens is 336 g/mol. The molecule has 1 fully saturated rings. The summed E-state index contributed by atoms with van der Waals surface area (Å²) in [5.74, 6) is -0.638. The molecule has 0 amide bonds. The first-order chi connectivity index (χ1) is 11.4. The molecule has 130 valence electrons. The summed E-state index contributed by atoms with van der Waals surface area (Å²) in [5.41, 5.74) is -0.580. The van der Waals surface area contributed by atoms with E-state index in [9.17, 15) is 18.0 Å². The highest BCUT2D eigenvalue weighted by atomic mass is 32.2. The zero-order valence-corrected chi connectivity index (χ0v) is 14.0. The Bertz CT molecular complexity index is 924. The molecule has 9 nitrogen and oxygen atoms in total. The van der Waals surface area contributed by atoms with Crippen LogP contribution in [0.25, 0.3) is 5.65 Å². The first-order valence-electron chi connectivity index (χ1n) is 7.60. The molecule has 10 heteroatoms. The van der Waals surface area contributed by atoms with Crippen molar-refractivity contribution in [2.45, 2.75) is 30.7 Å². The topological polar surface area (TPSA) is 103 Å². The number of ether oxygens (including phenoxy) is 1. The zero-order valence-electron chi connectivity index (χ0n) is 13.2. The molecule has 0 spiro atoms. The van der Waals surface area contributed by atoms with Crippen LogP contribution in [-0.4, -0.2) is 53.1 Å². The van der Waals surface area contributed by atoms with Crippen LogP contribution in [0.4, 0.5) is 0 Å². The second-order valence-electron chi connectivity index (χ2n) is 5.55. The molecule has 1 aliphatic rings. The largest absolute Gasteiger partial charge is 0.468 e. The Kier molecular flexibility index (Phi) is 4.41. The first-order valence-corrected chi connectivity index (χ1v) is 9.04. The Balaban J connectivity index is 2.10. The molecule has 0 aromatic carbocycles. The highest BCUT2D eigenvalue weighted by molar-refractivity contribution is 7.89. The van der Waals surface area contributed by atoms with E-state index in [0.29, 0.717) is 13.1 Å². The quantitative estimate of drug-likeness (QED) is 0.707.